The van der Waals surface area contributed by atoms with Crippen LogP contribution in [0.5, 0.6) is 0 Å². The molecule has 9 heteroatoms. The highest BCUT2D eigenvalue weighted by Crippen LogP contribution is 2.28. The number of nitrogens with zero attached hydrogens (tertiary/aromatic N) is 2. The smallest absolute Gasteiger partial charge is 0.261 e. The zero-order valence-corrected chi connectivity index (χ0v) is 21.3. The Kier molecular flexibility index (Phi) is 8.81. The number of aliphatic hydroxyl groups is 2. The first kappa shape index (κ1) is 27.3. The van der Waals surface area contributed by atoms with Gasteiger partial charge >= 0.3 is 0 Å². The van der Waals surface area contributed by atoms with E-state index in [4.69, 9.17) is 10.2 Å². The molecular weight excluding hydrogens is 488 g/mol. The highest BCUT2D eigenvalue weighted by atomic mass is 16.3. The van der Waals surface area contributed by atoms with Crippen LogP contribution in [-0.2, 0) is 0 Å². The molecule has 0 atom stereocenters. The molecule has 2 heterocycles. The number of unbranched alkanes of at least 4 members (excludes halogenated alkanes) is 6. The zero-order chi connectivity index (χ0) is 27.2. The maximum Gasteiger partial charge on any atom is 0.261 e. The molecule has 0 saturated heterocycles. The van der Waals surface area contributed by atoms with Crippen molar-refractivity contribution in [2.75, 3.05) is 26.3 Å². The third kappa shape index (κ3) is 5.44. The van der Waals surface area contributed by atoms with Crippen molar-refractivity contribution in [1.29, 1.82) is 0 Å². The molecule has 2 aromatic rings. The van der Waals surface area contributed by atoms with Crippen LogP contribution >= 0.6 is 0 Å². The van der Waals surface area contributed by atoms with Crippen molar-refractivity contribution in [1.82, 2.24) is 9.80 Å². The summed E-state index contributed by atoms with van der Waals surface area (Å²) in [5.41, 5.74) is 1.30. The number of carbonyl (C=O) groups excluding carboxylic acids is 5. The van der Waals surface area contributed by atoms with Gasteiger partial charge in [-0.25, -0.2) is 0 Å². The fourth-order valence-corrected chi connectivity index (χ4v) is 4.91. The largest absolute Gasteiger partial charge is 0.396 e. The minimum Gasteiger partial charge on any atom is -0.396 e. The van der Waals surface area contributed by atoms with E-state index in [1.54, 1.807) is 0 Å². The zero-order valence-electron chi connectivity index (χ0n) is 21.3. The van der Waals surface area contributed by atoms with E-state index in [-0.39, 0.29) is 71.5 Å². The summed E-state index contributed by atoms with van der Waals surface area (Å²) in [6.07, 6.45) is 5.85. The van der Waals surface area contributed by atoms with E-state index in [0.717, 1.165) is 25.7 Å². The van der Waals surface area contributed by atoms with Gasteiger partial charge in [-0.05, 0) is 49.9 Å². The van der Waals surface area contributed by atoms with Crippen molar-refractivity contribution in [3.05, 3.63) is 69.8 Å². The van der Waals surface area contributed by atoms with Gasteiger partial charge in [0.2, 0.25) is 0 Å². The predicted octanol–water partition coefficient (Wildman–Crippen LogP) is 3.22. The number of carbonyl (C=O) groups is 5. The summed E-state index contributed by atoms with van der Waals surface area (Å²) >= 11 is 0. The van der Waals surface area contributed by atoms with Gasteiger partial charge in [-0.2, -0.15) is 0 Å². The van der Waals surface area contributed by atoms with Crippen molar-refractivity contribution < 1.29 is 34.2 Å². The van der Waals surface area contributed by atoms with Gasteiger partial charge in [0.25, 0.3) is 23.6 Å². The van der Waals surface area contributed by atoms with Crippen LogP contribution in [0.1, 0.15) is 109 Å². The summed E-state index contributed by atoms with van der Waals surface area (Å²) in [7, 11) is 0. The van der Waals surface area contributed by atoms with Crippen LogP contribution < -0.4 is 0 Å². The van der Waals surface area contributed by atoms with E-state index in [9.17, 15) is 24.0 Å². The second kappa shape index (κ2) is 12.2. The highest BCUT2D eigenvalue weighted by Gasteiger charge is 2.37. The molecule has 0 fully saturated rings. The topological polar surface area (TPSA) is 132 Å². The molecule has 4 rings (SSSR count). The van der Waals surface area contributed by atoms with Crippen LogP contribution in [0.4, 0.5) is 0 Å². The van der Waals surface area contributed by atoms with E-state index < -0.39 is 17.6 Å². The van der Waals surface area contributed by atoms with E-state index in [1.807, 2.05) is 0 Å². The summed E-state index contributed by atoms with van der Waals surface area (Å²) in [5, 5.41) is 17.8. The second-order valence-electron chi connectivity index (χ2n) is 9.65. The number of benzene rings is 2. The fourth-order valence-electron chi connectivity index (χ4n) is 4.91. The SMILES string of the molecule is O=C(c1ccc2c(c1)C(=O)N(CCCCCCO)C2=O)c1ccc2c(c1)C(=O)N(CCCCCCO)C2=O. The molecule has 0 aromatic heterocycles. The molecule has 200 valence electrons. The van der Waals surface area contributed by atoms with E-state index in [0.29, 0.717) is 25.7 Å². The number of hydrogen-bond donors (Lipinski definition) is 2. The number of rotatable bonds is 14. The molecule has 2 aliphatic rings. The normalized spacial score (nSPS) is 14.5. The number of amides is 4. The Labute approximate surface area is 221 Å². The Balaban J connectivity index is 1.46. The number of imide groups is 2. The molecule has 0 saturated carbocycles. The molecule has 0 unspecified atom stereocenters. The third-order valence-electron chi connectivity index (χ3n) is 7.05. The summed E-state index contributed by atoms with van der Waals surface area (Å²) < 4.78 is 0. The van der Waals surface area contributed by atoms with E-state index >= 15 is 0 Å². The summed E-state index contributed by atoms with van der Waals surface area (Å²) in [4.78, 5) is 66.9. The van der Waals surface area contributed by atoms with E-state index in [1.165, 1.54) is 46.2 Å². The van der Waals surface area contributed by atoms with Crippen molar-refractivity contribution in [2.24, 2.45) is 0 Å². The molecule has 0 spiro atoms. The van der Waals surface area contributed by atoms with Crippen LogP contribution in [0.3, 0.4) is 0 Å². The summed E-state index contributed by atoms with van der Waals surface area (Å²) in [5.74, 6) is -2.06. The fraction of sp³-hybridized carbons (Fsp3) is 0.414. The Morgan fingerprint density at radius 1 is 0.526 bits per heavy atom. The molecule has 0 radical (unpaired) electrons. The molecule has 0 bridgehead atoms. The van der Waals surface area contributed by atoms with E-state index in [2.05, 4.69) is 0 Å². The standard InChI is InChI=1S/C29H32N2O7/c32-15-7-3-1-5-13-30-26(35)21-11-9-19(17-23(21)28(30)37)25(34)20-10-12-22-24(18-20)29(38)31(27(22)36)14-6-2-4-8-16-33/h9-12,17-18,32-33H,1-8,13-16H2. The maximum atomic E-state index is 13.3. The first-order chi connectivity index (χ1) is 18.4. The molecule has 2 aromatic carbocycles. The molecular formula is C29H32N2O7. The number of hydrogen-bond acceptors (Lipinski definition) is 7. The molecule has 38 heavy (non-hydrogen) atoms. The molecule has 9 nitrogen and oxygen atoms in total. The quantitative estimate of drug-likeness (QED) is 0.222. The van der Waals surface area contributed by atoms with Crippen LogP contribution in [0.2, 0.25) is 0 Å². The van der Waals surface area contributed by atoms with Crippen molar-refractivity contribution in [3.63, 3.8) is 0 Å². The lowest BCUT2D eigenvalue weighted by molar-refractivity contribution is 0.0635. The first-order valence-electron chi connectivity index (χ1n) is 13.2. The average Bonchev–Trinajstić information content (AvgIpc) is 3.31. The van der Waals surface area contributed by atoms with Crippen LogP contribution in [0.15, 0.2) is 36.4 Å². The third-order valence-corrected chi connectivity index (χ3v) is 7.05. The summed E-state index contributed by atoms with van der Waals surface area (Å²) in [6, 6.07) is 8.79. The van der Waals surface area contributed by atoms with Gasteiger partial charge in [0.1, 0.15) is 0 Å². The Morgan fingerprint density at radius 2 is 0.895 bits per heavy atom. The predicted molar refractivity (Wildman–Crippen MR) is 138 cm³/mol. The molecule has 2 aliphatic heterocycles. The van der Waals surface area contributed by atoms with Gasteiger partial charge in [0.15, 0.2) is 5.78 Å². The number of aliphatic hydroxyl groups excluding tert-OH is 2. The van der Waals surface area contributed by atoms with Gasteiger partial charge < -0.3 is 10.2 Å². The van der Waals surface area contributed by atoms with Gasteiger partial charge in [-0.15, -0.1) is 0 Å². The monoisotopic (exact) mass is 520 g/mol. The van der Waals surface area contributed by atoms with Crippen LogP contribution in [-0.4, -0.2) is 75.7 Å². The Hall–Kier alpha value is -3.69. The average molecular weight is 521 g/mol. The maximum absolute atomic E-state index is 13.3. The van der Waals surface area contributed by atoms with Crippen molar-refractivity contribution in [3.8, 4) is 0 Å². The lowest BCUT2D eigenvalue weighted by Crippen LogP contribution is -2.30. The minimum absolute atomic E-state index is 0.114. The highest BCUT2D eigenvalue weighted by molar-refractivity contribution is 6.24. The van der Waals surface area contributed by atoms with Gasteiger partial charge in [0, 0.05) is 37.4 Å². The molecule has 0 aliphatic carbocycles. The van der Waals surface area contributed by atoms with Gasteiger partial charge in [-0.3, -0.25) is 33.8 Å². The summed E-state index contributed by atoms with van der Waals surface area (Å²) in [6.45, 7) is 0.783. The van der Waals surface area contributed by atoms with Crippen molar-refractivity contribution >= 4 is 29.4 Å². The molecule has 4 amide bonds. The Bertz CT molecular complexity index is 1170. The van der Waals surface area contributed by atoms with Crippen LogP contribution in [0.25, 0.3) is 0 Å². The Morgan fingerprint density at radius 3 is 1.29 bits per heavy atom. The minimum atomic E-state index is -0.439. The lowest BCUT2D eigenvalue weighted by atomic mass is 9.96. The van der Waals surface area contributed by atoms with Crippen LogP contribution in [0, 0.1) is 0 Å². The number of ketones is 1. The van der Waals surface area contributed by atoms with Gasteiger partial charge in [-0.1, -0.05) is 37.8 Å². The number of fused-ring (bicyclic) bond motifs is 2. The van der Waals surface area contributed by atoms with Crippen molar-refractivity contribution in [2.45, 2.75) is 51.4 Å². The first-order valence-corrected chi connectivity index (χ1v) is 13.2. The van der Waals surface area contributed by atoms with Gasteiger partial charge in [0.05, 0.1) is 22.3 Å². The second-order valence-corrected chi connectivity index (χ2v) is 9.65. The molecule has 2 N–H and O–H groups in total. The lowest BCUT2D eigenvalue weighted by Gasteiger charge is -2.13.